The highest BCUT2D eigenvalue weighted by atomic mass is 35.5. The number of piperidine rings is 1. The number of hydrogen-bond donors (Lipinski definition) is 2. The first-order chi connectivity index (χ1) is 12.8. The van der Waals surface area contributed by atoms with Crippen molar-refractivity contribution in [3.8, 4) is 0 Å². The van der Waals surface area contributed by atoms with Crippen molar-refractivity contribution in [1.29, 1.82) is 0 Å². The van der Waals surface area contributed by atoms with Gasteiger partial charge in [0.05, 0.1) is 16.4 Å². The molecule has 0 unspecified atom stereocenters. The minimum atomic E-state index is 0.663. The first kappa shape index (κ1) is 17.7. The molecule has 2 N–H and O–H groups in total. The third-order valence-electron chi connectivity index (χ3n) is 5.79. The molecule has 0 atom stereocenters. The largest absolute Gasteiger partial charge is 0.370 e. The summed E-state index contributed by atoms with van der Waals surface area (Å²) < 4.78 is 0. The van der Waals surface area contributed by atoms with Crippen LogP contribution in [0.15, 0.2) is 48.5 Å². The van der Waals surface area contributed by atoms with E-state index in [1.165, 1.54) is 38.6 Å². The van der Waals surface area contributed by atoms with Gasteiger partial charge in [0, 0.05) is 24.8 Å². The lowest BCUT2D eigenvalue weighted by Crippen LogP contribution is -2.44. The van der Waals surface area contributed by atoms with Gasteiger partial charge in [-0.3, -0.25) is 0 Å². The summed E-state index contributed by atoms with van der Waals surface area (Å²) >= 11 is 6.74. The van der Waals surface area contributed by atoms with E-state index in [1.54, 1.807) is 0 Å². The van der Waals surface area contributed by atoms with Crippen LogP contribution < -0.4 is 15.5 Å². The molecule has 1 saturated heterocycles. The summed E-state index contributed by atoms with van der Waals surface area (Å²) in [6.45, 7) is 3.34. The highest BCUT2D eigenvalue weighted by Crippen LogP contribution is 2.35. The minimum Gasteiger partial charge on any atom is -0.370 e. The zero-order valence-corrected chi connectivity index (χ0v) is 16.0. The number of para-hydroxylation sites is 1. The lowest BCUT2D eigenvalue weighted by atomic mass is 9.85. The van der Waals surface area contributed by atoms with Gasteiger partial charge < -0.3 is 15.5 Å². The molecule has 2 aliphatic rings. The molecule has 0 bridgehead atoms. The van der Waals surface area contributed by atoms with Gasteiger partial charge in [0.15, 0.2) is 0 Å². The molecule has 0 radical (unpaired) electrons. The Bertz CT molecular complexity index is 707. The van der Waals surface area contributed by atoms with Crippen LogP contribution in [0.2, 0.25) is 5.02 Å². The van der Waals surface area contributed by atoms with Gasteiger partial charge in [-0.2, -0.15) is 0 Å². The molecule has 1 aliphatic heterocycles. The van der Waals surface area contributed by atoms with Gasteiger partial charge in [0.25, 0.3) is 0 Å². The minimum absolute atomic E-state index is 0.663. The average Bonchev–Trinajstić information content (AvgIpc) is 2.64. The van der Waals surface area contributed by atoms with E-state index in [0.29, 0.717) is 6.04 Å². The highest BCUT2D eigenvalue weighted by molar-refractivity contribution is 6.36. The molecule has 1 heterocycles. The molecule has 2 fully saturated rings. The fourth-order valence-corrected chi connectivity index (χ4v) is 4.19. The lowest BCUT2D eigenvalue weighted by molar-refractivity contribution is 0.278. The second-order valence-corrected chi connectivity index (χ2v) is 7.97. The van der Waals surface area contributed by atoms with E-state index in [0.717, 1.165) is 41.1 Å². The van der Waals surface area contributed by atoms with Gasteiger partial charge in [0.2, 0.25) is 0 Å². The summed E-state index contributed by atoms with van der Waals surface area (Å²) in [5.41, 5.74) is 3.18. The molecule has 0 amide bonds. The Labute approximate surface area is 161 Å². The second-order valence-electron chi connectivity index (χ2n) is 7.60. The van der Waals surface area contributed by atoms with Crippen molar-refractivity contribution < 1.29 is 0 Å². The monoisotopic (exact) mass is 369 g/mol. The molecule has 3 nitrogen and oxygen atoms in total. The fraction of sp³-hybridized carbons (Fsp3) is 0.455. The Balaban J connectivity index is 1.36. The zero-order chi connectivity index (χ0) is 17.8. The number of benzene rings is 2. The van der Waals surface area contributed by atoms with Gasteiger partial charge in [-0.1, -0.05) is 42.3 Å². The van der Waals surface area contributed by atoms with E-state index >= 15 is 0 Å². The number of halogens is 1. The van der Waals surface area contributed by atoms with E-state index in [9.17, 15) is 0 Å². The van der Waals surface area contributed by atoms with Crippen LogP contribution in [0.4, 0.5) is 17.1 Å². The van der Waals surface area contributed by atoms with Crippen molar-refractivity contribution in [3.63, 3.8) is 0 Å². The number of nitrogens with one attached hydrogen (secondary N) is 2. The SMILES string of the molecule is Clc1c(Nc2ccccc2)cccc1N1CCC(NCC2CCC2)CC1. The molecule has 0 spiro atoms. The molecule has 26 heavy (non-hydrogen) atoms. The van der Waals surface area contributed by atoms with Gasteiger partial charge in [-0.15, -0.1) is 0 Å². The summed E-state index contributed by atoms with van der Waals surface area (Å²) in [5, 5.41) is 8.03. The Kier molecular flexibility index (Phi) is 5.66. The van der Waals surface area contributed by atoms with Crippen molar-refractivity contribution in [1.82, 2.24) is 5.32 Å². The second kappa shape index (κ2) is 8.32. The number of nitrogens with zero attached hydrogens (tertiary/aromatic N) is 1. The van der Waals surface area contributed by atoms with Crippen LogP contribution in [0, 0.1) is 5.92 Å². The molecular formula is C22H28ClN3. The molecule has 138 valence electrons. The predicted molar refractivity (Wildman–Crippen MR) is 112 cm³/mol. The van der Waals surface area contributed by atoms with Crippen LogP contribution in [0.3, 0.4) is 0 Å². The van der Waals surface area contributed by atoms with Crippen molar-refractivity contribution in [2.24, 2.45) is 5.92 Å². The predicted octanol–water partition coefficient (Wildman–Crippen LogP) is 5.44. The van der Waals surface area contributed by atoms with Crippen molar-refractivity contribution in [2.75, 3.05) is 29.9 Å². The molecule has 2 aromatic carbocycles. The van der Waals surface area contributed by atoms with E-state index in [4.69, 9.17) is 11.6 Å². The molecule has 2 aromatic rings. The van der Waals surface area contributed by atoms with Crippen molar-refractivity contribution in [2.45, 2.75) is 38.1 Å². The number of hydrogen-bond acceptors (Lipinski definition) is 3. The van der Waals surface area contributed by atoms with Crippen LogP contribution >= 0.6 is 11.6 Å². The Morgan fingerprint density at radius 1 is 0.923 bits per heavy atom. The maximum Gasteiger partial charge on any atom is 0.0874 e. The summed E-state index contributed by atoms with van der Waals surface area (Å²) in [7, 11) is 0. The van der Waals surface area contributed by atoms with Crippen LogP contribution in [0.1, 0.15) is 32.1 Å². The Hall–Kier alpha value is -1.71. The molecule has 0 aromatic heterocycles. The molecule has 4 rings (SSSR count). The summed E-state index contributed by atoms with van der Waals surface area (Å²) in [5.74, 6) is 0.934. The standard InChI is InChI=1S/C22H28ClN3/c23-22-20(25-19-8-2-1-3-9-19)10-5-11-21(22)26-14-12-18(13-15-26)24-16-17-6-4-7-17/h1-3,5,8-11,17-18,24-25H,4,6-7,12-16H2. The van der Waals surface area contributed by atoms with Crippen LogP contribution in [-0.2, 0) is 0 Å². The quantitative estimate of drug-likeness (QED) is 0.709. The number of rotatable bonds is 6. The molecule has 1 saturated carbocycles. The third kappa shape index (κ3) is 4.16. The molecular weight excluding hydrogens is 342 g/mol. The van der Waals surface area contributed by atoms with E-state index in [-0.39, 0.29) is 0 Å². The Morgan fingerprint density at radius 3 is 2.38 bits per heavy atom. The number of anilines is 3. The fourth-order valence-electron chi connectivity index (χ4n) is 3.89. The van der Waals surface area contributed by atoms with Gasteiger partial charge >= 0.3 is 0 Å². The van der Waals surface area contributed by atoms with Crippen LogP contribution in [-0.4, -0.2) is 25.7 Å². The summed E-state index contributed by atoms with van der Waals surface area (Å²) in [6.07, 6.45) is 6.65. The maximum absolute atomic E-state index is 6.74. The molecule has 1 aliphatic carbocycles. The smallest absolute Gasteiger partial charge is 0.0874 e. The topological polar surface area (TPSA) is 27.3 Å². The first-order valence-electron chi connectivity index (χ1n) is 9.88. The van der Waals surface area contributed by atoms with Gasteiger partial charge in [-0.05, 0) is 62.4 Å². The van der Waals surface area contributed by atoms with Gasteiger partial charge in [-0.25, -0.2) is 0 Å². The van der Waals surface area contributed by atoms with Crippen molar-refractivity contribution in [3.05, 3.63) is 53.6 Å². The lowest BCUT2D eigenvalue weighted by Gasteiger charge is -2.36. The first-order valence-corrected chi connectivity index (χ1v) is 10.3. The summed E-state index contributed by atoms with van der Waals surface area (Å²) in [6, 6.07) is 17.1. The normalized spacial score (nSPS) is 18.6. The third-order valence-corrected chi connectivity index (χ3v) is 6.18. The Morgan fingerprint density at radius 2 is 1.69 bits per heavy atom. The van der Waals surface area contributed by atoms with Gasteiger partial charge in [0.1, 0.15) is 0 Å². The highest BCUT2D eigenvalue weighted by Gasteiger charge is 2.23. The zero-order valence-electron chi connectivity index (χ0n) is 15.3. The maximum atomic E-state index is 6.74. The van der Waals surface area contributed by atoms with E-state index in [2.05, 4.69) is 39.8 Å². The average molecular weight is 370 g/mol. The van der Waals surface area contributed by atoms with Crippen molar-refractivity contribution >= 4 is 28.7 Å². The van der Waals surface area contributed by atoms with Crippen LogP contribution in [0.25, 0.3) is 0 Å². The summed E-state index contributed by atoms with van der Waals surface area (Å²) in [4.78, 5) is 2.43. The molecule has 4 heteroatoms. The van der Waals surface area contributed by atoms with E-state index in [1.807, 2.05) is 24.3 Å². The van der Waals surface area contributed by atoms with Crippen LogP contribution in [0.5, 0.6) is 0 Å². The van der Waals surface area contributed by atoms with E-state index < -0.39 is 0 Å².